The Morgan fingerprint density at radius 1 is 1.04 bits per heavy atom. The molecular weight excluding hydrogens is 328 g/mol. The lowest BCUT2D eigenvalue weighted by Crippen LogP contribution is -2.25. The zero-order valence-electron chi connectivity index (χ0n) is 15.4. The maximum atomic E-state index is 12.3. The number of aryl methyl sites for hydroxylation is 2. The molecule has 1 amide bonds. The summed E-state index contributed by atoms with van der Waals surface area (Å²) in [5.41, 5.74) is 4.67. The van der Waals surface area contributed by atoms with Gasteiger partial charge in [-0.25, -0.2) is 4.99 Å². The zero-order chi connectivity index (χ0) is 18.7. The zero-order valence-corrected chi connectivity index (χ0v) is 15.4. The van der Waals surface area contributed by atoms with E-state index >= 15 is 0 Å². The minimum atomic E-state index is -0.179. The van der Waals surface area contributed by atoms with Crippen LogP contribution >= 0.6 is 0 Å². The van der Waals surface area contributed by atoms with E-state index in [0.717, 1.165) is 22.3 Å². The average molecular weight is 350 g/mol. The Hall–Kier alpha value is -3.08. The lowest BCUT2D eigenvalue weighted by atomic mass is 10.0. The minimum Gasteiger partial charge on any atom is -0.493 e. The van der Waals surface area contributed by atoms with Crippen LogP contribution in [0.2, 0.25) is 0 Å². The van der Waals surface area contributed by atoms with Gasteiger partial charge in [0.25, 0.3) is 5.91 Å². The van der Waals surface area contributed by atoms with Gasteiger partial charge in [0.05, 0.1) is 14.2 Å². The van der Waals surface area contributed by atoms with Gasteiger partial charge in [0.1, 0.15) is 11.5 Å². The predicted octanol–water partition coefficient (Wildman–Crippen LogP) is 3.43. The van der Waals surface area contributed by atoms with Crippen molar-refractivity contribution < 1.29 is 14.3 Å². The number of methoxy groups -OCH3 is 2. The highest BCUT2D eigenvalue weighted by atomic mass is 16.5. The number of hydrogen-bond acceptors (Lipinski definition) is 4. The lowest BCUT2D eigenvalue weighted by Gasteiger charge is -2.09. The molecule has 3 rings (SSSR count). The summed E-state index contributed by atoms with van der Waals surface area (Å²) >= 11 is 0. The summed E-state index contributed by atoms with van der Waals surface area (Å²) in [6.45, 7) is 4.05. The van der Waals surface area contributed by atoms with E-state index in [9.17, 15) is 4.79 Å². The Kier molecular flexibility index (Phi) is 5.07. The van der Waals surface area contributed by atoms with Gasteiger partial charge in [0.15, 0.2) is 11.5 Å². The number of benzene rings is 2. The van der Waals surface area contributed by atoms with Gasteiger partial charge >= 0.3 is 0 Å². The highest BCUT2D eigenvalue weighted by Crippen LogP contribution is 2.28. The molecule has 0 unspecified atom stereocenters. The van der Waals surface area contributed by atoms with E-state index < -0.39 is 0 Å². The van der Waals surface area contributed by atoms with Crippen LogP contribution < -0.4 is 14.8 Å². The van der Waals surface area contributed by atoms with Crippen LogP contribution in [0.25, 0.3) is 6.08 Å². The molecule has 0 aromatic heterocycles. The predicted molar refractivity (Wildman–Crippen MR) is 103 cm³/mol. The molecule has 0 saturated heterocycles. The summed E-state index contributed by atoms with van der Waals surface area (Å²) in [6, 6.07) is 11.8. The second-order valence-corrected chi connectivity index (χ2v) is 6.27. The Bertz CT molecular complexity index is 913. The van der Waals surface area contributed by atoms with E-state index in [1.165, 1.54) is 0 Å². The first-order valence-electron chi connectivity index (χ1n) is 8.39. The topological polar surface area (TPSA) is 59.9 Å². The van der Waals surface area contributed by atoms with E-state index in [4.69, 9.17) is 9.47 Å². The molecule has 1 aliphatic rings. The number of nitrogens with zero attached hydrogens (tertiary/aromatic N) is 1. The van der Waals surface area contributed by atoms with Gasteiger partial charge in [0, 0.05) is 6.42 Å². The number of amidine groups is 1. The van der Waals surface area contributed by atoms with E-state index in [2.05, 4.69) is 22.4 Å². The normalized spacial score (nSPS) is 15.0. The second kappa shape index (κ2) is 7.44. The number of rotatable bonds is 5. The first-order chi connectivity index (χ1) is 12.5. The molecule has 0 bridgehead atoms. The number of amides is 1. The van der Waals surface area contributed by atoms with E-state index in [-0.39, 0.29) is 5.91 Å². The fourth-order valence-electron chi connectivity index (χ4n) is 2.85. The number of carbonyl (C=O) groups is 1. The summed E-state index contributed by atoms with van der Waals surface area (Å²) in [7, 11) is 3.20. The van der Waals surface area contributed by atoms with Gasteiger partial charge in [-0.05, 0) is 48.7 Å². The van der Waals surface area contributed by atoms with Crippen molar-refractivity contribution in [3.8, 4) is 11.5 Å². The second-order valence-electron chi connectivity index (χ2n) is 6.27. The SMILES string of the molecule is COc1ccc(CC2=N/C(=C/c3cc(C)ccc3C)C(=O)N2)cc1OC. The van der Waals surface area contributed by atoms with Crippen LogP contribution in [-0.2, 0) is 11.2 Å². The van der Waals surface area contributed by atoms with Crippen molar-refractivity contribution in [2.24, 2.45) is 4.99 Å². The molecule has 0 spiro atoms. The molecule has 0 aliphatic carbocycles. The molecular formula is C21H22N2O3. The Morgan fingerprint density at radius 3 is 2.54 bits per heavy atom. The Morgan fingerprint density at radius 2 is 1.81 bits per heavy atom. The first-order valence-corrected chi connectivity index (χ1v) is 8.39. The van der Waals surface area contributed by atoms with Crippen molar-refractivity contribution in [1.29, 1.82) is 0 Å². The quantitative estimate of drug-likeness (QED) is 0.841. The minimum absolute atomic E-state index is 0.179. The van der Waals surface area contributed by atoms with Gasteiger partial charge in [-0.3, -0.25) is 4.79 Å². The van der Waals surface area contributed by atoms with Crippen LogP contribution in [0.15, 0.2) is 47.1 Å². The van der Waals surface area contributed by atoms with Crippen molar-refractivity contribution in [2.75, 3.05) is 14.2 Å². The summed E-state index contributed by atoms with van der Waals surface area (Å²) in [5.74, 6) is 1.77. The molecule has 1 N–H and O–H groups in total. The molecule has 5 nitrogen and oxygen atoms in total. The van der Waals surface area contributed by atoms with Gasteiger partial charge in [0.2, 0.25) is 0 Å². The maximum Gasteiger partial charge on any atom is 0.275 e. The monoisotopic (exact) mass is 350 g/mol. The Balaban J connectivity index is 1.84. The van der Waals surface area contributed by atoms with Crippen molar-refractivity contribution in [2.45, 2.75) is 20.3 Å². The number of hydrogen-bond donors (Lipinski definition) is 1. The molecule has 1 aliphatic heterocycles. The van der Waals surface area contributed by atoms with E-state index in [1.807, 2.05) is 44.2 Å². The highest BCUT2D eigenvalue weighted by molar-refractivity contribution is 6.14. The number of carbonyl (C=O) groups excluding carboxylic acids is 1. The molecule has 2 aromatic carbocycles. The lowest BCUT2D eigenvalue weighted by molar-refractivity contribution is -0.115. The molecule has 0 radical (unpaired) electrons. The van der Waals surface area contributed by atoms with Crippen LogP contribution in [0.4, 0.5) is 0 Å². The molecule has 134 valence electrons. The molecule has 0 fully saturated rings. The largest absolute Gasteiger partial charge is 0.493 e. The summed E-state index contributed by atoms with van der Waals surface area (Å²) in [6.07, 6.45) is 2.34. The molecule has 1 heterocycles. The molecule has 26 heavy (non-hydrogen) atoms. The van der Waals surface area contributed by atoms with E-state index in [0.29, 0.717) is 29.5 Å². The standard InChI is InChI=1S/C21H22N2O3/c1-13-5-6-14(2)16(9-13)12-17-21(24)23-20(22-17)11-15-7-8-18(25-3)19(10-15)26-4/h5-10,12H,11H2,1-4H3,(H,22,23,24)/b17-12+. The number of aliphatic imine (C=N–C) groups is 1. The Labute approximate surface area is 153 Å². The van der Waals surface area contributed by atoms with Crippen LogP contribution in [-0.4, -0.2) is 26.0 Å². The maximum absolute atomic E-state index is 12.3. The van der Waals surface area contributed by atoms with Gasteiger partial charge in [-0.2, -0.15) is 0 Å². The van der Waals surface area contributed by atoms with Gasteiger partial charge < -0.3 is 14.8 Å². The smallest absolute Gasteiger partial charge is 0.275 e. The highest BCUT2D eigenvalue weighted by Gasteiger charge is 2.20. The fourth-order valence-corrected chi connectivity index (χ4v) is 2.85. The third-order valence-corrected chi connectivity index (χ3v) is 4.29. The van der Waals surface area contributed by atoms with Crippen molar-refractivity contribution in [3.63, 3.8) is 0 Å². The van der Waals surface area contributed by atoms with Gasteiger partial charge in [-0.1, -0.05) is 29.8 Å². The van der Waals surface area contributed by atoms with Crippen LogP contribution in [0.3, 0.4) is 0 Å². The number of nitrogens with one attached hydrogen (secondary N) is 1. The van der Waals surface area contributed by atoms with Crippen molar-refractivity contribution in [3.05, 3.63) is 64.3 Å². The van der Waals surface area contributed by atoms with Crippen molar-refractivity contribution in [1.82, 2.24) is 5.32 Å². The van der Waals surface area contributed by atoms with Crippen LogP contribution in [0.1, 0.15) is 22.3 Å². The number of ether oxygens (including phenoxy) is 2. The summed E-state index contributed by atoms with van der Waals surface area (Å²) < 4.78 is 10.6. The van der Waals surface area contributed by atoms with Crippen LogP contribution in [0, 0.1) is 13.8 Å². The molecule has 0 atom stereocenters. The summed E-state index contributed by atoms with van der Waals surface area (Å²) in [5, 5.41) is 2.84. The molecule has 0 saturated carbocycles. The molecule has 2 aromatic rings. The van der Waals surface area contributed by atoms with Crippen molar-refractivity contribution >= 4 is 17.8 Å². The van der Waals surface area contributed by atoms with E-state index in [1.54, 1.807) is 14.2 Å². The first kappa shape index (κ1) is 17.7. The summed E-state index contributed by atoms with van der Waals surface area (Å²) in [4.78, 5) is 16.7. The fraction of sp³-hybridized carbons (Fsp3) is 0.238. The van der Waals surface area contributed by atoms with Gasteiger partial charge in [-0.15, -0.1) is 0 Å². The third kappa shape index (κ3) is 3.77. The third-order valence-electron chi connectivity index (χ3n) is 4.29. The molecule has 5 heteroatoms. The van der Waals surface area contributed by atoms with Crippen LogP contribution in [0.5, 0.6) is 11.5 Å². The average Bonchev–Trinajstić information content (AvgIpc) is 2.97.